The Kier molecular flexibility index (Phi) is 4.71. The van der Waals surface area contributed by atoms with Crippen molar-refractivity contribution in [1.29, 1.82) is 0 Å². The Morgan fingerprint density at radius 2 is 1.04 bits per heavy atom. The molecule has 0 amide bonds. The molecule has 3 aromatic rings. The molecule has 1 nitrogen and oxygen atoms in total. The van der Waals surface area contributed by atoms with E-state index in [0.29, 0.717) is 28.1 Å². The average Bonchev–Trinajstić information content (AvgIpc) is 2.60. The van der Waals surface area contributed by atoms with E-state index in [2.05, 4.69) is 4.98 Å². The van der Waals surface area contributed by atoms with Crippen LogP contribution in [0.25, 0.3) is 22.4 Å². The predicted molar refractivity (Wildman–Crippen MR) is 89.9 cm³/mol. The van der Waals surface area contributed by atoms with Gasteiger partial charge in [0, 0.05) is 16.8 Å². The SMILES string of the molecule is Cc1ccc(-c2ccc(C(F)(F)F)cc2)c(-c2ccc(C(F)(F)F)cc2)n1. The van der Waals surface area contributed by atoms with Gasteiger partial charge in [-0.2, -0.15) is 26.3 Å². The highest BCUT2D eigenvalue weighted by Crippen LogP contribution is 2.36. The highest BCUT2D eigenvalue weighted by molar-refractivity contribution is 5.81. The molecule has 0 N–H and O–H groups in total. The van der Waals surface area contributed by atoms with Gasteiger partial charge in [0.25, 0.3) is 0 Å². The lowest BCUT2D eigenvalue weighted by Gasteiger charge is -2.13. The lowest BCUT2D eigenvalue weighted by Crippen LogP contribution is -2.04. The number of nitrogens with zero attached hydrogens (tertiary/aromatic N) is 1. The van der Waals surface area contributed by atoms with Crippen molar-refractivity contribution in [2.75, 3.05) is 0 Å². The Morgan fingerprint density at radius 3 is 1.48 bits per heavy atom. The first-order chi connectivity index (χ1) is 12.6. The fourth-order valence-corrected chi connectivity index (χ4v) is 2.67. The molecule has 0 fully saturated rings. The Hall–Kier alpha value is -2.83. The molecule has 0 saturated carbocycles. The number of halogens is 6. The Labute approximate surface area is 151 Å². The van der Waals surface area contributed by atoms with Gasteiger partial charge in [0.05, 0.1) is 16.8 Å². The number of hydrogen-bond donors (Lipinski definition) is 0. The Morgan fingerprint density at radius 1 is 0.593 bits per heavy atom. The molecule has 0 bridgehead atoms. The third-order valence-corrected chi connectivity index (χ3v) is 4.04. The fraction of sp³-hybridized carbons (Fsp3) is 0.150. The van der Waals surface area contributed by atoms with Crippen LogP contribution >= 0.6 is 0 Å². The lowest BCUT2D eigenvalue weighted by molar-refractivity contribution is -0.138. The van der Waals surface area contributed by atoms with Gasteiger partial charge in [0.15, 0.2) is 0 Å². The Balaban J connectivity index is 2.06. The summed E-state index contributed by atoms with van der Waals surface area (Å²) in [7, 11) is 0. The van der Waals surface area contributed by atoms with E-state index in [4.69, 9.17) is 0 Å². The first-order valence-electron chi connectivity index (χ1n) is 7.88. The molecule has 7 heteroatoms. The molecule has 0 spiro atoms. The summed E-state index contributed by atoms with van der Waals surface area (Å²) in [4.78, 5) is 4.38. The maximum absolute atomic E-state index is 12.8. The molecular weight excluding hydrogens is 368 g/mol. The molecule has 0 atom stereocenters. The number of hydrogen-bond acceptors (Lipinski definition) is 1. The summed E-state index contributed by atoms with van der Waals surface area (Å²) in [5.41, 5.74) is 0.961. The second kappa shape index (κ2) is 6.72. The van der Waals surface area contributed by atoms with Crippen molar-refractivity contribution in [2.45, 2.75) is 19.3 Å². The number of aryl methyl sites for hydroxylation is 1. The van der Waals surface area contributed by atoms with Gasteiger partial charge in [-0.1, -0.05) is 30.3 Å². The van der Waals surface area contributed by atoms with E-state index >= 15 is 0 Å². The molecule has 0 aliphatic rings. The van der Waals surface area contributed by atoms with Crippen LogP contribution in [-0.4, -0.2) is 4.98 Å². The number of benzene rings is 2. The standard InChI is InChI=1S/C20H13F6N/c1-12-2-11-17(13-3-7-15(8-4-13)19(21,22)23)18(27-12)14-5-9-16(10-6-14)20(24,25)26/h2-11H,1H3. The molecule has 0 unspecified atom stereocenters. The van der Waals surface area contributed by atoms with Crippen LogP contribution in [0.1, 0.15) is 16.8 Å². The highest BCUT2D eigenvalue weighted by Gasteiger charge is 2.31. The van der Waals surface area contributed by atoms with Crippen LogP contribution in [0.15, 0.2) is 60.7 Å². The molecular formula is C20H13F6N. The average molecular weight is 381 g/mol. The van der Waals surface area contributed by atoms with Crippen molar-refractivity contribution < 1.29 is 26.3 Å². The van der Waals surface area contributed by atoms with E-state index in [1.54, 1.807) is 19.1 Å². The smallest absolute Gasteiger partial charge is 0.252 e. The topological polar surface area (TPSA) is 12.9 Å². The second-order valence-electron chi connectivity index (χ2n) is 6.00. The van der Waals surface area contributed by atoms with Crippen LogP contribution in [0.3, 0.4) is 0 Å². The maximum Gasteiger partial charge on any atom is 0.416 e. The van der Waals surface area contributed by atoms with Gasteiger partial charge >= 0.3 is 12.4 Å². The van der Waals surface area contributed by atoms with E-state index in [0.717, 1.165) is 24.3 Å². The van der Waals surface area contributed by atoms with Crippen molar-refractivity contribution >= 4 is 0 Å². The van der Waals surface area contributed by atoms with Gasteiger partial charge in [-0.05, 0) is 42.8 Å². The van der Waals surface area contributed by atoms with Gasteiger partial charge in [-0.3, -0.25) is 4.98 Å². The molecule has 3 rings (SSSR count). The highest BCUT2D eigenvalue weighted by atomic mass is 19.4. The van der Waals surface area contributed by atoms with Crippen LogP contribution < -0.4 is 0 Å². The summed E-state index contributed by atoms with van der Waals surface area (Å²) in [6.45, 7) is 1.73. The van der Waals surface area contributed by atoms with Crippen molar-refractivity contribution in [1.82, 2.24) is 4.98 Å². The van der Waals surface area contributed by atoms with Gasteiger partial charge in [0.2, 0.25) is 0 Å². The summed E-state index contributed by atoms with van der Waals surface area (Å²) in [5, 5.41) is 0. The van der Waals surface area contributed by atoms with Crippen LogP contribution in [0.5, 0.6) is 0 Å². The predicted octanol–water partition coefficient (Wildman–Crippen LogP) is 6.76. The minimum absolute atomic E-state index is 0.406. The zero-order chi connectivity index (χ0) is 19.8. The zero-order valence-corrected chi connectivity index (χ0v) is 14.0. The van der Waals surface area contributed by atoms with Gasteiger partial charge in [0.1, 0.15) is 0 Å². The van der Waals surface area contributed by atoms with E-state index in [1.807, 2.05) is 0 Å². The third-order valence-electron chi connectivity index (χ3n) is 4.04. The molecule has 140 valence electrons. The third kappa shape index (κ3) is 4.13. The summed E-state index contributed by atoms with van der Waals surface area (Å²) in [6.07, 6.45) is -8.89. The number of pyridine rings is 1. The van der Waals surface area contributed by atoms with Crippen LogP contribution in [0.2, 0.25) is 0 Å². The van der Waals surface area contributed by atoms with Crippen LogP contribution in [0.4, 0.5) is 26.3 Å². The molecule has 0 radical (unpaired) electrons. The van der Waals surface area contributed by atoms with Crippen molar-refractivity contribution in [3.05, 3.63) is 77.5 Å². The normalized spacial score (nSPS) is 12.3. The van der Waals surface area contributed by atoms with Crippen molar-refractivity contribution in [3.63, 3.8) is 0 Å². The molecule has 0 aliphatic heterocycles. The van der Waals surface area contributed by atoms with Crippen LogP contribution in [-0.2, 0) is 12.4 Å². The molecule has 27 heavy (non-hydrogen) atoms. The maximum atomic E-state index is 12.8. The monoisotopic (exact) mass is 381 g/mol. The first kappa shape index (κ1) is 18.9. The largest absolute Gasteiger partial charge is 0.416 e. The lowest BCUT2D eigenvalue weighted by atomic mass is 9.97. The van der Waals surface area contributed by atoms with Crippen LogP contribution in [0, 0.1) is 6.92 Å². The minimum Gasteiger partial charge on any atom is -0.252 e. The van der Waals surface area contributed by atoms with E-state index < -0.39 is 23.5 Å². The fourth-order valence-electron chi connectivity index (χ4n) is 2.67. The van der Waals surface area contributed by atoms with Gasteiger partial charge < -0.3 is 0 Å². The molecule has 0 saturated heterocycles. The molecule has 2 aromatic carbocycles. The zero-order valence-electron chi connectivity index (χ0n) is 14.0. The van der Waals surface area contributed by atoms with E-state index in [9.17, 15) is 26.3 Å². The minimum atomic E-state index is -4.45. The Bertz CT molecular complexity index is 938. The summed E-state index contributed by atoms with van der Waals surface area (Å²) < 4.78 is 76.5. The molecule has 1 aromatic heterocycles. The number of alkyl halides is 6. The molecule has 0 aliphatic carbocycles. The van der Waals surface area contributed by atoms with Gasteiger partial charge in [-0.15, -0.1) is 0 Å². The quantitative estimate of drug-likeness (QED) is 0.447. The second-order valence-corrected chi connectivity index (χ2v) is 6.00. The first-order valence-corrected chi connectivity index (χ1v) is 7.88. The summed E-state index contributed by atoms with van der Waals surface area (Å²) in [5.74, 6) is 0. The van der Waals surface area contributed by atoms with Crippen molar-refractivity contribution in [2.24, 2.45) is 0 Å². The number of aromatic nitrogens is 1. The summed E-state index contributed by atoms with van der Waals surface area (Å²) >= 11 is 0. The number of rotatable bonds is 2. The van der Waals surface area contributed by atoms with Gasteiger partial charge in [-0.25, -0.2) is 0 Å². The molecule has 1 heterocycles. The van der Waals surface area contributed by atoms with E-state index in [-0.39, 0.29) is 0 Å². The summed E-state index contributed by atoms with van der Waals surface area (Å²) in [6, 6.07) is 12.5. The van der Waals surface area contributed by atoms with E-state index in [1.165, 1.54) is 24.3 Å². The van der Waals surface area contributed by atoms with Crippen molar-refractivity contribution in [3.8, 4) is 22.4 Å².